The molecule has 1 fully saturated rings. The summed E-state index contributed by atoms with van der Waals surface area (Å²) in [6.07, 6.45) is 3.75. The van der Waals surface area contributed by atoms with Gasteiger partial charge in [-0.05, 0) is 71.8 Å². The number of piperidine rings is 1. The van der Waals surface area contributed by atoms with Crippen molar-refractivity contribution >= 4 is 17.5 Å². The lowest BCUT2D eigenvalue weighted by molar-refractivity contribution is -0.122. The van der Waals surface area contributed by atoms with E-state index in [1.807, 2.05) is 50.2 Å². The van der Waals surface area contributed by atoms with E-state index in [1.165, 1.54) is 37.3 Å². The maximum absolute atomic E-state index is 15.5. The summed E-state index contributed by atoms with van der Waals surface area (Å²) in [6, 6.07) is 14.7. The smallest absolute Gasteiger partial charge is 0.265 e. The first-order valence-electron chi connectivity index (χ1n) is 14.1. The second kappa shape index (κ2) is 12.6. The van der Waals surface area contributed by atoms with Gasteiger partial charge in [0.15, 0.2) is 0 Å². The second-order valence-corrected chi connectivity index (χ2v) is 10.7. The van der Waals surface area contributed by atoms with Gasteiger partial charge in [0, 0.05) is 50.0 Å². The molecule has 0 bridgehead atoms. The van der Waals surface area contributed by atoms with Crippen LogP contribution < -0.4 is 26.2 Å². The zero-order valence-electron chi connectivity index (χ0n) is 24.6. The van der Waals surface area contributed by atoms with Gasteiger partial charge in [-0.15, -0.1) is 0 Å². The van der Waals surface area contributed by atoms with Gasteiger partial charge in [-0.1, -0.05) is 30.3 Å². The van der Waals surface area contributed by atoms with Crippen molar-refractivity contribution in [2.45, 2.75) is 39.3 Å². The molecule has 0 spiro atoms. The summed E-state index contributed by atoms with van der Waals surface area (Å²) < 4.78 is 22.4. The number of benzene rings is 3. The summed E-state index contributed by atoms with van der Waals surface area (Å²) in [5.41, 5.74) is 5.56. The molecular formula is C33H34FN5O4. The van der Waals surface area contributed by atoms with Crippen molar-refractivity contribution in [2.24, 2.45) is 7.05 Å². The van der Waals surface area contributed by atoms with Gasteiger partial charge in [-0.25, -0.2) is 9.37 Å². The molecule has 0 radical (unpaired) electrons. The number of methoxy groups -OCH3 is 1. The number of rotatable bonds is 8. The van der Waals surface area contributed by atoms with Crippen molar-refractivity contribution in [3.05, 3.63) is 99.5 Å². The zero-order chi connectivity index (χ0) is 30.7. The van der Waals surface area contributed by atoms with Crippen LogP contribution in [0.3, 0.4) is 0 Å². The lowest BCUT2D eigenvalue weighted by atomic mass is 9.90. The summed E-state index contributed by atoms with van der Waals surface area (Å²) in [7, 11) is 3.06. The van der Waals surface area contributed by atoms with Crippen LogP contribution in [0, 0.1) is 19.7 Å². The average Bonchev–Trinajstić information content (AvgIpc) is 2.99. The van der Waals surface area contributed by atoms with Gasteiger partial charge in [0.1, 0.15) is 17.1 Å². The Hall–Kier alpha value is -4.83. The number of anilines is 1. The summed E-state index contributed by atoms with van der Waals surface area (Å²) >= 11 is 0. The molecule has 1 unspecified atom stereocenters. The second-order valence-electron chi connectivity index (χ2n) is 10.7. The number of nitrogens with zero attached hydrogens (tertiary/aromatic N) is 2. The first kappa shape index (κ1) is 29.7. The lowest BCUT2D eigenvalue weighted by Crippen LogP contribution is -2.43. The summed E-state index contributed by atoms with van der Waals surface area (Å²) in [5.74, 6) is -0.517. The third kappa shape index (κ3) is 6.19. The summed E-state index contributed by atoms with van der Waals surface area (Å²) in [6.45, 7) is 4.72. The van der Waals surface area contributed by atoms with Crippen molar-refractivity contribution in [1.29, 1.82) is 0 Å². The number of hydrogen-bond donors (Lipinski definition) is 3. The van der Waals surface area contributed by atoms with Crippen molar-refractivity contribution < 1.29 is 18.7 Å². The molecule has 4 aromatic rings. The fourth-order valence-electron chi connectivity index (χ4n) is 5.48. The number of halogens is 1. The van der Waals surface area contributed by atoms with Crippen LogP contribution >= 0.6 is 0 Å². The molecule has 222 valence electrons. The predicted molar refractivity (Wildman–Crippen MR) is 164 cm³/mol. The lowest BCUT2D eigenvalue weighted by Gasteiger charge is -2.24. The molecule has 10 heteroatoms. The van der Waals surface area contributed by atoms with Crippen LogP contribution in [0.1, 0.15) is 39.9 Å². The Morgan fingerprint density at radius 1 is 1.09 bits per heavy atom. The van der Waals surface area contributed by atoms with E-state index in [-0.39, 0.29) is 24.1 Å². The molecule has 3 N–H and O–H groups in total. The Morgan fingerprint density at radius 3 is 2.56 bits per heavy atom. The van der Waals surface area contributed by atoms with E-state index in [1.54, 1.807) is 6.07 Å². The minimum Gasteiger partial charge on any atom is -0.496 e. The normalized spacial score (nSPS) is 14.7. The van der Waals surface area contributed by atoms with Crippen LogP contribution in [0.4, 0.5) is 10.1 Å². The molecular weight excluding hydrogens is 549 g/mol. The molecule has 0 aliphatic carbocycles. The van der Waals surface area contributed by atoms with Crippen LogP contribution in [0.5, 0.6) is 5.75 Å². The number of carbonyl (C=O) groups excluding carboxylic acids is 2. The molecule has 9 nitrogen and oxygen atoms in total. The summed E-state index contributed by atoms with van der Waals surface area (Å²) in [5, 5.41) is 8.95. The number of nitrogens with one attached hydrogen (secondary N) is 3. The molecule has 1 aliphatic rings. The standard InChI is InChI=1S/C33H34FN5O4/c1-19-23(21-13-28(34)26(30(14-21)43-4)17-37-22-11-12-36-31(40)15-22)7-5-8-24(19)25-9-6-10-29(20(25)2)38-32(41)27-16-35-18-39(3)33(27)42/h5-10,13-14,16,18,22,37H,11-12,15,17H2,1-4H3,(H,36,40)(H,38,41). The van der Waals surface area contributed by atoms with Gasteiger partial charge in [-0.2, -0.15) is 0 Å². The van der Waals surface area contributed by atoms with Gasteiger partial charge in [0.2, 0.25) is 5.91 Å². The molecule has 5 rings (SSSR count). The van der Waals surface area contributed by atoms with E-state index < -0.39 is 17.3 Å². The Kier molecular flexibility index (Phi) is 8.68. The highest BCUT2D eigenvalue weighted by Gasteiger charge is 2.21. The Bertz CT molecular complexity index is 1770. The maximum Gasteiger partial charge on any atom is 0.265 e. The Labute approximate surface area is 249 Å². The number of amides is 2. The van der Waals surface area contributed by atoms with Crippen molar-refractivity contribution in [2.75, 3.05) is 19.0 Å². The topological polar surface area (TPSA) is 114 Å². The summed E-state index contributed by atoms with van der Waals surface area (Å²) in [4.78, 5) is 41.0. The fraction of sp³-hybridized carbons (Fsp3) is 0.273. The molecule has 2 heterocycles. The number of hydrogen-bond acceptors (Lipinski definition) is 6. The first-order chi connectivity index (χ1) is 20.7. The van der Waals surface area contributed by atoms with Gasteiger partial charge in [0.25, 0.3) is 11.5 Å². The quantitative estimate of drug-likeness (QED) is 0.282. The third-order valence-electron chi connectivity index (χ3n) is 7.94. The predicted octanol–water partition coefficient (Wildman–Crippen LogP) is 4.50. The number of aryl methyl sites for hydroxylation is 1. The SMILES string of the molecule is COc1cc(-c2cccc(-c3cccc(NC(=O)c4cncn(C)c4=O)c3C)c2C)cc(F)c1CNC1CCNC(=O)C1. The van der Waals surface area contributed by atoms with E-state index in [4.69, 9.17) is 4.74 Å². The van der Waals surface area contributed by atoms with Crippen LogP contribution in [0.15, 0.2) is 65.8 Å². The van der Waals surface area contributed by atoms with Crippen LogP contribution in [0.2, 0.25) is 0 Å². The van der Waals surface area contributed by atoms with Crippen LogP contribution in [0.25, 0.3) is 22.3 Å². The van der Waals surface area contributed by atoms with E-state index in [0.717, 1.165) is 34.2 Å². The number of ether oxygens (including phenoxy) is 1. The van der Waals surface area contributed by atoms with Gasteiger partial charge < -0.3 is 25.3 Å². The molecule has 2 amide bonds. The van der Waals surface area contributed by atoms with Crippen molar-refractivity contribution in [1.82, 2.24) is 20.2 Å². The van der Waals surface area contributed by atoms with Crippen LogP contribution in [-0.2, 0) is 18.4 Å². The third-order valence-corrected chi connectivity index (χ3v) is 7.94. The number of aromatic nitrogens is 2. The minimum atomic E-state index is -0.539. The molecule has 43 heavy (non-hydrogen) atoms. The minimum absolute atomic E-state index is 0.00989. The van der Waals surface area contributed by atoms with E-state index in [0.29, 0.717) is 35.5 Å². The highest BCUT2D eigenvalue weighted by Crippen LogP contribution is 2.37. The monoisotopic (exact) mass is 583 g/mol. The Morgan fingerprint density at radius 2 is 1.81 bits per heavy atom. The average molecular weight is 584 g/mol. The van der Waals surface area contributed by atoms with Gasteiger partial charge in [-0.3, -0.25) is 14.4 Å². The maximum atomic E-state index is 15.5. The molecule has 1 aliphatic heterocycles. The molecule has 1 aromatic heterocycles. The molecule has 0 saturated carbocycles. The van der Waals surface area contributed by atoms with Crippen LogP contribution in [-0.4, -0.2) is 41.1 Å². The highest BCUT2D eigenvalue weighted by molar-refractivity contribution is 6.04. The van der Waals surface area contributed by atoms with Crippen molar-refractivity contribution in [3.8, 4) is 28.0 Å². The fourth-order valence-corrected chi connectivity index (χ4v) is 5.48. The largest absolute Gasteiger partial charge is 0.496 e. The van der Waals surface area contributed by atoms with Crippen molar-refractivity contribution in [3.63, 3.8) is 0 Å². The van der Waals surface area contributed by atoms with E-state index in [2.05, 4.69) is 20.9 Å². The molecule has 1 saturated heterocycles. The Balaban J connectivity index is 1.44. The highest BCUT2D eigenvalue weighted by atomic mass is 19.1. The first-order valence-corrected chi connectivity index (χ1v) is 14.1. The van der Waals surface area contributed by atoms with E-state index in [9.17, 15) is 14.4 Å². The molecule has 1 atom stereocenters. The van der Waals surface area contributed by atoms with Gasteiger partial charge in [0.05, 0.1) is 13.4 Å². The van der Waals surface area contributed by atoms with E-state index >= 15 is 4.39 Å². The van der Waals surface area contributed by atoms with Gasteiger partial charge >= 0.3 is 0 Å². The zero-order valence-corrected chi connectivity index (χ0v) is 24.6. The number of carbonyl (C=O) groups is 2. The molecule has 3 aromatic carbocycles.